The summed E-state index contributed by atoms with van der Waals surface area (Å²) in [6.07, 6.45) is -0.817. The summed E-state index contributed by atoms with van der Waals surface area (Å²) in [7, 11) is 0. The lowest BCUT2D eigenvalue weighted by Crippen LogP contribution is -2.53. The Morgan fingerprint density at radius 2 is 1.45 bits per heavy atom. The van der Waals surface area contributed by atoms with Crippen molar-refractivity contribution < 1.29 is 19.8 Å². The van der Waals surface area contributed by atoms with Crippen LogP contribution in [0.4, 0.5) is 29.2 Å². The molecule has 2 aliphatic heterocycles. The molecule has 0 bridgehead atoms. The van der Waals surface area contributed by atoms with E-state index in [0.717, 1.165) is 0 Å². The molecule has 8 N–H and O–H groups in total. The van der Waals surface area contributed by atoms with Crippen molar-refractivity contribution in [3.8, 4) is 0 Å². The number of aliphatic hydroxyl groups excluding tert-OH is 2. The quantitative estimate of drug-likeness (QED) is 0.161. The molecule has 222 valence electrons. The zero-order valence-electron chi connectivity index (χ0n) is 22.9. The smallest absolute Gasteiger partial charge is 0.233 e. The first-order valence-corrected chi connectivity index (χ1v) is 14.1. The van der Waals surface area contributed by atoms with Crippen molar-refractivity contribution in [2.24, 2.45) is 11.5 Å². The number of rotatable bonds is 8. The summed E-state index contributed by atoms with van der Waals surface area (Å²) >= 11 is 6.08. The maximum atomic E-state index is 12.7. The third-order valence-corrected chi connectivity index (χ3v) is 7.36. The number of β-amino-alcohol motifs (C(OH)–C–C–N with tert-alkyl or cyclic N) is 2. The number of para-hydroxylation sites is 1. The van der Waals surface area contributed by atoms with Crippen molar-refractivity contribution in [1.82, 2.24) is 15.0 Å². The number of hydrogen-bond donors (Lipinski definition) is 6. The van der Waals surface area contributed by atoms with E-state index in [4.69, 9.17) is 23.1 Å². The summed E-state index contributed by atoms with van der Waals surface area (Å²) in [5.41, 5.74) is 13.8. The van der Waals surface area contributed by atoms with Gasteiger partial charge in [0, 0.05) is 55.9 Å². The summed E-state index contributed by atoms with van der Waals surface area (Å²) < 4.78 is 0. The first-order chi connectivity index (χ1) is 20.1. The van der Waals surface area contributed by atoms with Gasteiger partial charge >= 0.3 is 0 Å². The predicted molar refractivity (Wildman–Crippen MR) is 160 cm³/mol. The molecule has 1 aromatic heterocycles. The van der Waals surface area contributed by atoms with Gasteiger partial charge in [0.25, 0.3) is 0 Å². The van der Waals surface area contributed by atoms with Crippen LogP contribution in [0.3, 0.4) is 0 Å². The van der Waals surface area contributed by atoms with Crippen LogP contribution in [0.5, 0.6) is 0 Å². The Hall–Kier alpha value is -3.88. The van der Waals surface area contributed by atoms with Crippen LogP contribution in [0.15, 0.2) is 48.5 Å². The molecular weight excluding hydrogens is 562 g/mol. The van der Waals surface area contributed by atoms with Gasteiger partial charge in [-0.05, 0) is 42.8 Å². The fourth-order valence-corrected chi connectivity index (χ4v) is 5.30. The van der Waals surface area contributed by atoms with Gasteiger partial charge in [0.1, 0.15) is 0 Å². The number of carbonyl (C=O) groups is 2. The number of aromatic nitrogens is 3. The van der Waals surface area contributed by atoms with Crippen LogP contribution in [0, 0.1) is 0 Å². The maximum absolute atomic E-state index is 12.7. The maximum Gasteiger partial charge on any atom is 0.233 e. The zero-order chi connectivity index (χ0) is 29.8. The molecule has 2 aliphatic rings. The minimum absolute atomic E-state index is 0.138. The fraction of sp³-hybridized carbons (Fsp3) is 0.393. The summed E-state index contributed by atoms with van der Waals surface area (Å²) in [5.74, 6) is 0.0836. The molecule has 2 aromatic carbocycles. The first-order valence-electron chi connectivity index (χ1n) is 13.7. The van der Waals surface area contributed by atoms with Crippen LogP contribution in [-0.4, -0.2) is 87.3 Å². The Kier molecular flexibility index (Phi) is 9.14. The third kappa shape index (κ3) is 7.49. The third-order valence-electron chi connectivity index (χ3n) is 7.03. The van der Waals surface area contributed by atoms with Crippen molar-refractivity contribution in [3.05, 3.63) is 59.1 Å². The number of Topliss-reactive ketones (excluding diaryl/α,β-unsaturated/α-hetero) is 1. The molecule has 13 nitrogen and oxygen atoms in total. The topological polar surface area (TPSA) is 196 Å². The lowest BCUT2D eigenvalue weighted by atomic mass is 10.0. The highest BCUT2D eigenvalue weighted by Crippen LogP contribution is 2.25. The van der Waals surface area contributed by atoms with E-state index in [1.54, 1.807) is 53.4 Å². The summed E-state index contributed by atoms with van der Waals surface area (Å²) in [6.45, 7) is 1.56. The van der Waals surface area contributed by atoms with Crippen LogP contribution in [0.1, 0.15) is 29.6 Å². The number of nitrogens with one attached hydrogen (secondary N) is 2. The molecule has 0 radical (unpaired) electrons. The van der Waals surface area contributed by atoms with E-state index in [0.29, 0.717) is 53.4 Å². The Balaban J connectivity index is 1.31. The number of ketones is 1. The number of halogens is 1. The van der Waals surface area contributed by atoms with Crippen molar-refractivity contribution in [1.29, 1.82) is 0 Å². The number of nitrogens with zero attached hydrogens (tertiary/aromatic N) is 5. The average molecular weight is 596 g/mol. The van der Waals surface area contributed by atoms with Gasteiger partial charge in [-0.25, -0.2) is 0 Å². The van der Waals surface area contributed by atoms with E-state index < -0.39 is 18.1 Å². The molecule has 1 amide bonds. The molecule has 42 heavy (non-hydrogen) atoms. The molecule has 0 spiro atoms. The molecule has 0 saturated carbocycles. The predicted octanol–water partition coefficient (Wildman–Crippen LogP) is 1.28. The van der Waals surface area contributed by atoms with Crippen molar-refractivity contribution >= 4 is 52.5 Å². The Labute approximate surface area is 247 Å². The number of anilines is 5. The van der Waals surface area contributed by atoms with Crippen molar-refractivity contribution in [2.75, 3.05) is 46.6 Å². The molecule has 2 fully saturated rings. The van der Waals surface area contributed by atoms with Gasteiger partial charge in [-0.2, -0.15) is 15.0 Å². The second kappa shape index (κ2) is 13.0. The van der Waals surface area contributed by atoms with Crippen LogP contribution < -0.4 is 31.9 Å². The van der Waals surface area contributed by atoms with Crippen LogP contribution >= 0.6 is 11.6 Å². The highest BCUT2D eigenvalue weighted by atomic mass is 35.5. The highest BCUT2D eigenvalue weighted by molar-refractivity contribution is 6.33. The number of nitrogens with two attached hydrogens (primary N) is 2. The second-order valence-electron chi connectivity index (χ2n) is 10.7. The van der Waals surface area contributed by atoms with Gasteiger partial charge in [0.2, 0.25) is 23.8 Å². The van der Waals surface area contributed by atoms with Crippen LogP contribution in [-0.2, 0) is 4.79 Å². The van der Waals surface area contributed by atoms with E-state index in [1.807, 2.05) is 4.90 Å². The van der Waals surface area contributed by atoms with E-state index in [9.17, 15) is 19.8 Å². The van der Waals surface area contributed by atoms with Crippen LogP contribution in [0.25, 0.3) is 0 Å². The fourth-order valence-electron chi connectivity index (χ4n) is 5.12. The largest absolute Gasteiger partial charge is 0.391 e. The zero-order valence-corrected chi connectivity index (χ0v) is 23.6. The number of hydrogen-bond acceptors (Lipinski definition) is 12. The molecule has 5 rings (SSSR count). The van der Waals surface area contributed by atoms with Crippen molar-refractivity contribution in [3.63, 3.8) is 0 Å². The lowest BCUT2D eigenvalue weighted by Gasteiger charge is -2.36. The average Bonchev–Trinajstić information content (AvgIpc) is 2.93. The molecular formula is C28H34ClN9O4. The highest BCUT2D eigenvalue weighted by Gasteiger charge is 2.29. The Bertz CT molecular complexity index is 1360. The monoisotopic (exact) mass is 595 g/mol. The number of piperidine rings is 2. The number of benzene rings is 2. The normalized spacial score (nSPS) is 22.5. The van der Waals surface area contributed by atoms with E-state index in [2.05, 4.69) is 25.6 Å². The van der Waals surface area contributed by atoms with Crippen LogP contribution in [0.2, 0.25) is 5.02 Å². The summed E-state index contributed by atoms with van der Waals surface area (Å²) in [6, 6.07) is 13.1. The van der Waals surface area contributed by atoms with Gasteiger partial charge in [-0.15, -0.1) is 0 Å². The molecule has 3 heterocycles. The summed E-state index contributed by atoms with van der Waals surface area (Å²) in [5, 5.41) is 26.6. The van der Waals surface area contributed by atoms with E-state index >= 15 is 0 Å². The van der Waals surface area contributed by atoms with E-state index in [1.165, 1.54) is 0 Å². The molecule has 3 aromatic rings. The molecule has 4 atom stereocenters. The van der Waals surface area contributed by atoms with Gasteiger partial charge in [0.05, 0.1) is 29.3 Å². The number of amides is 1. The standard InChI is InChI=1S/C28H34ClN9O4/c29-22-3-1-2-4-23(22)33-25(42)11-24(41)16-5-7-19(8-6-16)32-26-34-27(37-12-17(30)9-18(31)13-37)36-28(35-26)38-14-20(39)10-21(40)15-38/h1-8,17-18,20-21,39-40H,9-15,30-31H2,(H,33,42)(H,32,34,35,36)/t17-,18+,20-,21-/m1/s1. The molecule has 14 heteroatoms. The van der Waals surface area contributed by atoms with Gasteiger partial charge in [0.15, 0.2) is 5.78 Å². The first kappa shape index (κ1) is 29.6. The lowest BCUT2D eigenvalue weighted by molar-refractivity contribution is -0.115. The Morgan fingerprint density at radius 1 is 0.857 bits per heavy atom. The molecule has 0 unspecified atom stereocenters. The Morgan fingerprint density at radius 3 is 2.07 bits per heavy atom. The molecule has 2 saturated heterocycles. The number of aliphatic hydroxyl groups is 2. The van der Waals surface area contributed by atoms with Crippen molar-refractivity contribution in [2.45, 2.75) is 43.6 Å². The van der Waals surface area contributed by atoms with Gasteiger partial charge in [-0.1, -0.05) is 23.7 Å². The minimum Gasteiger partial charge on any atom is -0.391 e. The van der Waals surface area contributed by atoms with E-state index in [-0.39, 0.29) is 49.7 Å². The van der Waals surface area contributed by atoms with Gasteiger partial charge in [-0.3, -0.25) is 9.59 Å². The van der Waals surface area contributed by atoms with Gasteiger partial charge < -0.3 is 42.1 Å². The second-order valence-corrected chi connectivity index (χ2v) is 11.1. The molecule has 0 aliphatic carbocycles. The number of carbonyl (C=O) groups excluding carboxylic acids is 2. The SMILES string of the molecule is N[C@@H]1C[C@H](N)CN(c2nc(Nc3ccc(C(=O)CC(=O)Nc4ccccc4Cl)cc3)nc(N3C[C@H](O)C[C@@H](O)C3)n2)C1. The minimum atomic E-state index is -0.723. The summed E-state index contributed by atoms with van der Waals surface area (Å²) in [4.78, 5) is 42.5.